The van der Waals surface area contributed by atoms with Crippen LogP contribution >= 0.6 is 11.6 Å². The van der Waals surface area contributed by atoms with Crippen molar-refractivity contribution in [3.8, 4) is 0 Å². The molecule has 2 N–H and O–H groups in total. The molecule has 2 rings (SSSR count). The standard InChI is InChI=1S/C12H11ClFNO3/c13-8-2-1-3-9(14)11(8)6-4-7(6)12(18)15-5-10(16)17/h1-3,6-7H,4-5H2,(H,15,18)(H,16,17)/t6-,7+/m0/s1. The van der Waals surface area contributed by atoms with Gasteiger partial charge in [-0.05, 0) is 18.6 Å². The molecule has 0 bridgehead atoms. The van der Waals surface area contributed by atoms with Crippen LogP contribution in [0.5, 0.6) is 0 Å². The van der Waals surface area contributed by atoms with Crippen LogP contribution in [0.2, 0.25) is 5.02 Å². The van der Waals surface area contributed by atoms with E-state index in [1.165, 1.54) is 12.1 Å². The van der Waals surface area contributed by atoms with E-state index in [9.17, 15) is 14.0 Å². The maximum Gasteiger partial charge on any atom is 0.322 e. The SMILES string of the molecule is O=C(O)CNC(=O)[C@@H]1C[C@@H]1c1c(F)cccc1Cl. The third-order valence-electron chi connectivity index (χ3n) is 2.91. The van der Waals surface area contributed by atoms with E-state index in [1.54, 1.807) is 6.07 Å². The molecule has 1 aromatic carbocycles. The molecule has 0 unspecified atom stereocenters. The minimum Gasteiger partial charge on any atom is -0.480 e. The zero-order valence-corrected chi connectivity index (χ0v) is 10.1. The van der Waals surface area contributed by atoms with Gasteiger partial charge in [-0.15, -0.1) is 0 Å². The van der Waals surface area contributed by atoms with Gasteiger partial charge in [-0.2, -0.15) is 0 Å². The summed E-state index contributed by atoms with van der Waals surface area (Å²) in [7, 11) is 0. The van der Waals surface area contributed by atoms with Crippen molar-refractivity contribution < 1.29 is 19.1 Å². The van der Waals surface area contributed by atoms with Crippen molar-refractivity contribution in [3.05, 3.63) is 34.6 Å². The summed E-state index contributed by atoms with van der Waals surface area (Å²) in [5, 5.41) is 11.0. The van der Waals surface area contributed by atoms with E-state index >= 15 is 0 Å². The molecule has 1 aliphatic rings. The molecular weight excluding hydrogens is 261 g/mol. The Bertz CT molecular complexity index is 486. The first kappa shape index (κ1) is 12.8. The topological polar surface area (TPSA) is 66.4 Å². The summed E-state index contributed by atoms with van der Waals surface area (Å²) in [5.74, 6) is -2.56. The van der Waals surface area contributed by atoms with E-state index in [2.05, 4.69) is 5.32 Å². The summed E-state index contributed by atoms with van der Waals surface area (Å²) >= 11 is 5.90. The van der Waals surface area contributed by atoms with Gasteiger partial charge >= 0.3 is 5.97 Å². The Labute approximate surface area is 108 Å². The number of halogens is 2. The molecule has 6 heteroatoms. The van der Waals surface area contributed by atoms with Crippen LogP contribution in [0.4, 0.5) is 4.39 Å². The highest BCUT2D eigenvalue weighted by atomic mass is 35.5. The number of carboxylic acids is 1. The van der Waals surface area contributed by atoms with Crippen LogP contribution < -0.4 is 5.32 Å². The number of rotatable bonds is 4. The molecule has 1 saturated carbocycles. The molecule has 0 heterocycles. The van der Waals surface area contributed by atoms with E-state index in [0.29, 0.717) is 17.0 Å². The smallest absolute Gasteiger partial charge is 0.322 e. The second kappa shape index (κ2) is 4.94. The Morgan fingerprint density at radius 3 is 2.83 bits per heavy atom. The number of amides is 1. The predicted octanol–water partition coefficient (Wildman–Crippen LogP) is 1.78. The number of carboxylic acid groups (broad SMARTS) is 1. The molecule has 0 spiro atoms. The van der Waals surface area contributed by atoms with Crippen molar-refractivity contribution in [2.24, 2.45) is 5.92 Å². The quantitative estimate of drug-likeness (QED) is 0.877. The second-order valence-electron chi connectivity index (χ2n) is 4.20. The van der Waals surface area contributed by atoms with Crippen molar-refractivity contribution in [3.63, 3.8) is 0 Å². The van der Waals surface area contributed by atoms with Gasteiger partial charge in [0, 0.05) is 22.4 Å². The van der Waals surface area contributed by atoms with Gasteiger partial charge < -0.3 is 10.4 Å². The van der Waals surface area contributed by atoms with E-state index in [-0.39, 0.29) is 11.8 Å². The average molecular weight is 272 g/mol. The Balaban J connectivity index is 2.03. The molecule has 18 heavy (non-hydrogen) atoms. The van der Waals surface area contributed by atoms with E-state index in [0.717, 1.165) is 0 Å². The van der Waals surface area contributed by atoms with Gasteiger partial charge in [-0.25, -0.2) is 4.39 Å². The second-order valence-corrected chi connectivity index (χ2v) is 4.60. The maximum atomic E-state index is 13.6. The van der Waals surface area contributed by atoms with Crippen LogP contribution in [0.15, 0.2) is 18.2 Å². The van der Waals surface area contributed by atoms with E-state index in [4.69, 9.17) is 16.7 Å². The number of hydrogen-bond acceptors (Lipinski definition) is 2. The summed E-state index contributed by atoms with van der Waals surface area (Å²) in [6.07, 6.45) is 0.492. The van der Waals surface area contributed by atoms with Crippen molar-refractivity contribution in [1.82, 2.24) is 5.32 Å². The molecular formula is C12H11ClFNO3. The van der Waals surface area contributed by atoms with Crippen molar-refractivity contribution in [1.29, 1.82) is 0 Å². The Kier molecular flexibility index (Phi) is 3.52. The molecule has 0 radical (unpaired) electrons. The van der Waals surface area contributed by atoms with Crippen LogP contribution in [0.1, 0.15) is 17.9 Å². The van der Waals surface area contributed by atoms with E-state index < -0.39 is 24.2 Å². The van der Waals surface area contributed by atoms with Crippen LogP contribution in [0.25, 0.3) is 0 Å². The largest absolute Gasteiger partial charge is 0.480 e. The first-order chi connectivity index (χ1) is 8.50. The molecule has 4 nitrogen and oxygen atoms in total. The number of hydrogen-bond donors (Lipinski definition) is 2. The monoisotopic (exact) mass is 271 g/mol. The van der Waals surface area contributed by atoms with Gasteiger partial charge in [-0.3, -0.25) is 9.59 Å². The fourth-order valence-corrected chi connectivity index (χ4v) is 2.27. The number of carbonyl (C=O) groups excluding carboxylic acids is 1. The Morgan fingerprint density at radius 2 is 2.22 bits per heavy atom. The fraction of sp³-hybridized carbons (Fsp3) is 0.333. The van der Waals surface area contributed by atoms with Gasteiger partial charge in [0.2, 0.25) is 5.91 Å². The normalized spacial score (nSPS) is 21.4. The first-order valence-corrected chi connectivity index (χ1v) is 5.82. The number of benzene rings is 1. The van der Waals surface area contributed by atoms with Crippen LogP contribution in [0.3, 0.4) is 0 Å². The lowest BCUT2D eigenvalue weighted by Crippen LogP contribution is -2.30. The predicted molar refractivity (Wildman–Crippen MR) is 62.9 cm³/mol. The lowest BCUT2D eigenvalue weighted by atomic mass is 10.1. The van der Waals surface area contributed by atoms with Crippen LogP contribution in [0, 0.1) is 11.7 Å². The summed E-state index contributed by atoms with van der Waals surface area (Å²) < 4.78 is 13.6. The van der Waals surface area contributed by atoms with Crippen molar-refractivity contribution >= 4 is 23.5 Å². The zero-order chi connectivity index (χ0) is 13.3. The molecule has 1 aromatic rings. The Morgan fingerprint density at radius 1 is 1.50 bits per heavy atom. The zero-order valence-electron chi connectivity index (χ0n) is 9.32. The molecule has 0 aromatic heterocycles. The summed E-state index contributed by atoms with van der Waals surface area (Å²) in [6.45, 7) is -0.424. The molecule has 1 fully saturated rings. The molecule has 0 aliphatic heterocycles. The molecule has 96 valence electrons. The molecule has 2 atom stereocenters. The maximum absolute atomic E-state index is 13.6. The number of aliphatic carboxylic acids is 1. The van der Waals surface area contributed by atoms with Gasteiger partial charge in [0.1, 0.15) is 12.4 Å². The lowest BCUT2D eigenvalue weighted by molar-refractivity contribution is -0.138. The molecule has 1 amide bonds. The highest BCUT2D eigenvalue weighted by Gasteiger charge is 2.46. The number of carbonyl (C=O) groups is 2. The highest BCUT2D eigenvalue weighted by molar-refractivity contribution is 6.31. The van der Waals surface area contributed by atoms with Crippen molar-refractivity contribution in [2.75, 3.05) is 6.54 Å². The summed E-state index contributed by atoms with van der Waals surface area (Å²) in [5.41, 5.74) is 0.342. The van der Waals surface area contributed by atoms with Gasteiger partial charge in [0.05, 0.1) is 0 Å². The molecule has 1 aliphatic carbocycles. The minimum absolute atomic E-state index is 0.257. The Hall–Kier alpha value is -1.62. The molecule has 0 saturated heterocycles. The fourth-order valence-electron chi connectivity index (χ4n) is 1.96. The third-order valence-corrected chi connectivity index (χ3v) is 3.24. The van der Waals surface area contributed by atoms with Crippen LogP contribution in [-0.4, -0.2) is 23.5 Å². The first-order valence-electron chi connectivity index (χ1n) is 5.44. The van der Waals surface area contributed by atoms with Crippen LogP contribution in [-0.2, 0) is 9.59 Å². The average Bonchev–Trinajstić information content (AvgIpc) is 3.06. The third kappa shape index (κ3) is 2.61. The van der Waals surface area contributed by atoms with Gasteiger partial charge in [0.15, 0.2) is 0 Å². The van der Waals surface area contributed by atoms with Gasteiger partial charge in [0.25, 0.3) is 0 Å². The van der Waals surface area contributed by atoms with Crippen molar-refractivity contribution in [2.45, 2.75) is 12.3 Å². The van der Waals surface area contributed by atoms with E-state index in [1.807, 2.05) is 0 Å². The summed E-state index contributed by atoms with van der Waals surface area (Å²) in [4.78, 5) is 21.9. The van der Waals surface area contributed by atoms with Gasteiger partial charge in [-0.1, -0.05) is 17.7 Å². The highest BCUT2D eigenvalue weighted by Crippen LogP contribution is 2.50. The lowest BCUT2D eigenvalue weighted by Gasteiger charge is -2.05. The summed E-state index contributed by atoms with van der Waals surface area (Å²) in [6, 6.07) is 4.37. The minimum atomic E-state index is -1.11. The number of nitrogens with one attached hydrogen (secondary N) is 1.